The van der Waals surface area contributed by atoms with Gasteiger partial charge in [0.2, 0.25) is 11.3 Å². The van der Waals surface area contributed by atoms with Crippen LogP contribution in [0.15, 0.2) is 57.9 Å². The first-order valence-electron chi connectivity index (χ1n) is 7.23. The van der Waals surface area contributed by atoms with Crippen molar-refractivity contribution in [2.45, 2.75) is 6.54 Å². The quantitative estimate of drug-likeness (QED) is 0.559. The number of halogens is 1. The van der Waals surface area contributed by atoms with Gasteiger partial charge in [-0.25, -0.2) is 4.98 Å². The molecule has 2 heterocycles. The molecule has 0 amide bonds. The Morgan fingerprint density at radius 3 is 2.88 bits per heavy atom. The first kappa shape index (κ1) is 14.5. The van der Waals surface area contributed by atoms with Crippen LogP contribution in [-0.4, -0.2) is 9.55 Å². The van der Waals surface area contributed by atoms with E-state index in [-0.39, 0.29) is 11.0 Å². The Morgan fingerprint density at radius 1 is 1.25 bits per heavy atom. The second-order valence-electron chi connectivity index (χ2n) is 5.35. The topological polar surface area (TPSA) is 71.8 Å². The highest BCUT2D eigenvalue weighted by Gasteiger charge is 2.12. The standard InChI is InChI=1S/C18H10ClN3O2/c19-12-5-6-15-13(7-12)18(23)11(8-20)9-22(15)10-17-21-14-3-1-2-4-16(14)24-17/h1-7,9H,10H2. The number of rotatable bonds is 2. The van der Waals surface area contributed by atoms with Gasteiger partial charge in [0.05, 0.1) is 12.1 Å². The van der Waals surface area contributed by atoms with Crippen molar-refractivity contribution in [1.82, 2.24) is 9.55 Å². The molecule has 4 aromatic rings. The van der Waals surface area contributed by atoms with Crippen LogP contribution in [-0.2, 0) is 6.54 Å². The Balaban J connectivity index is 1.91. The van der Waals surface area contributed by atoms with E-state index in [9.17, 15) is 10.1 Å². The van der Waals surface area contributed by atoms with E-state index in [1.165, 1.54) is 6.20 Å². The van der Waals surface area contributed by atoms with Gasteiger partial charge in [-0.15, -0.1) is 0 Å². The normalized spacial score (nSPS) is 11.0. The zero-order valence-corrected chi connectivity index (χ0v) is 13.1. The summed E-state index contributed by atoms with van der Waals surface area (Å²) in [5.41, 5.74) is 1.86. The van der Waals surface area contributed by atoms with E-state index in [4.69, 9.17) is 16.0 Å². The van der Waals surface area contributed by atoms with Crippen LogP contribution in [0.1, 0.15) is 11.5 Å². The summed E-state index contributed by atoms with van der Waals surface area (Å²) in [6.07, 6.45) is 1.52. The molecule has 6 heteroatoms. The minimum absolute atomic E-state index is 0.0564. The maximum Gasteiger partial charge on any atom is 0.215 e. The van der Waals surface area contributed by atoms with E-state index in [1.54, 1.807) is 22.8 Å². The van der Waals surface area contributed by atoms with Gasteiger partial charge >= 0.3 is 0 Å². The lowest BCUT2D eigenvalue weighted by atomic mass is 10.1. The SMILES string of the molecule is N#Cc1cn(Cc2nc3ccccc3o2)c2ccc(Cl)cc2c1=O. The van der Waals surface area contributed by atoms with Gasteiger partial charge in [-0.2, -0.15) is 5.26 Å². The molecule has 0 fully saturated rings. The smallest absolute Gasteiger partial charge is 0.215 e. The number of hydrogen-bond acceptors (Lipinski definition) is 4. The predicted octanol–water partition coefficient (Wildman–Crippen LogP) is 3.72. The van der Waals surface area contributed by atoms with Gasteiger partial charge in [-0.05, 0) is 30.3 Å². The van der Waals surface area contributed by atoms with Crippen molar-refractivity contribution in [3.05, 3.63) is 75.4 Å². The Morgan fingerprint density at radius 2 is 2.08 bits per heavy atom. The molecule has 5 nitrogen and oxygen atoms in total. The summed E-state index contributed by atoms with van der Waals surface area (Å²) in [5.74, 6) is 0.500. The zero-order valence-electron chi connectivity index (χ0n) is 12.4. The molecule has 24 heavy (non-hydrogen) atoms. The maximum absolute atomic E-state index is 12.3. The zero-order chi connectivity index (χ0) is 16.7. The number of hydrogen-bond donors (Lipinski definition) is 0. The fourth-order valence-corrected chi connectivity index (χ4v) is 2.89. The highest BCUT2D eigenvalue weighted by molar-refractivity contribution is 6.31. The van der Waals surface area contributed by atoms with Gasteiger partial charge < -0.3 is 8.98 Å². The van der Waals surface area contributed by atoms with Gasteiger partial charge in [0.1, 0.15) is 17.1 Å². The average Bonchev–Trinajstić information content (AvgIpc) is 2.99. The average molecular weight is 336 g/mol. The fraction of sp³-hybridized carbons (Fsp3) is 0.0556. The number of benzene rings is 2. The van der Waals surface area contributed by atoms with Crippen LogP contribution in [0.4, 0.5) is 0 Å². The number of para-hydroxylation sites is 2. The molecule has 0 aliphatic heterocycles. The number of oxazole rings is 1. The Bertz CT molecular complexity index is 1150. The van der Waals surface area contributed by atoms with Crippen molar-refractivity contribution in [3.63, 3.8) is 0 Å². The summed E-state index contributed by atoms with van der Waals surface area (Å²) in [6.45, 7) is 0.307. The molecule has 2 aromatic heterocycles. The van der Waals surface area contributed by atoms with Gasteiger partial charge in [-0.1, -0.05) is 23.7 Å². The van der Waals surface area contributed by atoms with E-state index in [0.29, 0.717) is 33.9 Å². The first-order chi connectivity index (χ1) is 11.7. The van der Waals surface area contributed by atoms with E-state index in [0.717, 1.165) is 5.52 Å². The molecule has 0 unspecified atom stereocenters. The summed E-state index contributed by atoms with van der Waals surface area (Å²) >= 11 is 5.99. The Labute approximate surface area is 141 Å². The molecule has 0 aliphatic rings. The summed E-state index contributed by atoms with van der Waals surface area (Å²) in [5, 5.41) is 10.1. The van der Waals surface area contributed by atoms with Crippen LogP contribution in [0.2, 0.25) is 5.02 Å². The Kier molecular flexibility index (Phi) is 3.33. The molecular weight excluding hydrogens is 326 g/mol. The van der Waals surface area contributed by atoms with Crippen molar-refractivity contribution in [3.8, 4) is 6.07 Å². The molecule has 0 N–H and O–H groups in total. The largest absolute Gasteiger partial charge is 0.439 e. The number of fused-ring (bicyclic) bond motifs is 2. The van der Waals surface area contributed by atoms with Crippen LogP contribution in [0.5, 0.6) is 0 Å². The number of nitriles is 1. The minimum Gasteiger partial charge on any atom is -0.439 e. The van der Waals surface area contributed by atoms with Gasteiger partial charge in [0.15, 0.2) is 5.58 Å². The second-order valence-corrected chi connectivity index (χ2v) is 5.78. The second kappa shape index (κ2) is 5.52. The van der Waals surface area contributed by atoms with E-state index >= 15 is 0 Å². The Hall–Kier alpha value is -3.10. The van der Waals surface area contributed by atoms with Gasteiger partial charge in [0.25, 0.3) is 0 Å². The van der Waals surface area contributed by atoms with Crippen molar-refractivity contribution >= 4 is 33.6 Å². The number of pyridine rings is 1. The van der Waals surface area contributed by atoms with Crippen molar-refractivity contribution in [2.75, 3.05) is 0 Å². The molecule has 2 aromatic carbocycles. The fourth-order valence-electron chi connectivity index (χ4n) is 2.71. The molecule has 0 bridgehead atoms. The number of aromatic nitrogens is 2. The molecule has 0 atom stereocenters. The third-order valence-corrected chi connectivity index (χ3v) is 4.04. The van der Waals surface area contributed by atoms with E-state index < -0.39 is 0 Å². The van der Waals surface area contributed by atoms with Gasteiger partial charge in [0, 0.05) is 16.6 Å². The molecule has 0 spiro atoms. The summed E-state index contributed by atoms with van der Waals surface area (Å²) in [7, 11) is 0. The summed E-state index contributed by atoms with van der Waals surface area (Å²) in [4.78, 5) is 16.8. The number of nitrogens with zero attached hydrogens (tertiary/aromatic N) is 3. The third-order valence-electron chi connectivity index (χ3n) is 3.81. The molecular formula is C18H10ClN3O2. The van der Waals surface area contributed by atoms with Crippen LogP contribution >= 0.6 is 11.6 Å². The highest BCUT2D eigenvalue weighted by Crippen LogP contribution is 2.20. The monoisotopic (exact) mass is 335 g/mol. The lowest BCUT2D eigenvalue weighted by Crippen LogP contribution is -2.13. The molecule has 0 aliphatic carbocycles. The lowest BCUT2D eigenvalue weighted by molar-refractivity contribution is 0.512. The highest BCUT2D eigenvalue weighted by atomic mass is 35.5. The maximum atomic E-state index is 12.3. The van der Waals surface area contributed by atoms with E-state index in [1.807, 2.05) is 30.3 Å². The predicted molar refractivity (Wildman–Crippen MR) is 91.0 cm³/mol. The van der Waals surface area contributed by atoms with Crippen LogP contribution in [0, 0.1) is 11.3 Å². The third kappa shape index (κ3) is 2.34. The first-order valence-corrected chi connectivity index (χ1v) is 7.61. The molecule has 0 saturated heterocycles. The lowest BCUT2D eigenvalue weighted by Gasteiger charge is -2.09. The molecule has 0 saturated carbocycles. The van der Waals surface area contributed by atoms with Crippen LogP contribution < -0.4 is 5.43 Å². The molecule has 0 radical (unpaired) electrons. The van der Waals surface area contributed by atoms with Crippen molar-refractivity contribution < 1.29 is 4.42 Å². The van der Waals surface area contributed by atoms with Crippen LogP contribution in [0.3, 0.4) is 0 Å². The van der Waals surface area contributed by atoms with Crippen LogP contribution in [0.25, 0.3) is 22.0 Å². The minimum atomic E-state index is -0.330. The molecule has 116 valence electrons. The summed E-state index contributed by atoms with van der Waals surface area (Å²) in [6, 6.07) is 14.4. The summed E-state index contributed by atoms with van der Waals surface area (Å²) < 4.78 is 7.50. The van der Waals surface area contributed by atoms with E-state index in [2.05, 4.69) is 4.98 Å². The van der Waals surface area contributed by atoms with Crippen molar-refractivity contribution in [1.29, 1.82) is 5.26 Å². The van der Waals surface area contributed by atoms with Gasteiger partial charge in [-0.3, -0.25) is 4.79 Å². The molecule has 4 rings (SSSR count). The van der Waals surface area contributed by atoms with Crippen molar-refractivity contribution in [2.24, 2.45) is 0 Å².